The Kier molecular flexibility index (Phi) is 3.24. The van der Waals surface area contributed by atoms with Gasteiger partial charge in [-0.2, -0.15) is 0 Å². The van der Waals surface area contributed by atoms with Crippen LogP contribution in [0.15, 0.2) is 18.3 Å². The minimum atomic E-state index is 0.0962. The number of amides is 2. The maximum atomic E-state index is 12.6. The number of hydrogen-bond acceptors (Lipinski definition) is 2. The second kappa shape index (κ2) is 5.14. The van der Waals surface area contributed by atoms with E-state index in [0.29, 0.717) is 24.1 Å². The number of rotatable bonds is 2. The molecule has 1 atom stereocenters. The molecule has 4 rings (SSSR count). The van der Waals surface area contributed by atoms with Crippen molar-refractivity contribution < 1.29 is 9.59 Å². The zero-order valence-electron chi connectivity index (χ0n) is 12.9. The Morgan fingerprint density at radius 1 is 1.27 bits per heavy atom. The Morgan fingerprint density at radius 3 is 2.86 bits per heavy atom. The van der Waals surface area contributed by atoms with E-state index in [1.165, 1.54) is 0 Å². The number of aromatic amines is 1. The van der Waals surface area contributed by atoms with Crippen molar-refractivity contribution in [2.75, 3.05) is 19.6 Å². The summed E-state index contributed by atoms with van der Waals surface area (Å²) in [5.74, 6) is 0.417. The van der Waals surface area contributed by atoms with Gasteiger partial charge in [0.25, 0.3) is 5.91 Å². The van der Waals surface area contributed by atoms with Gasteiger partial charge in [0.1, 0.15) is 5.69 Å². The summed E-state index contributed by atoms with van der Waals surface area (Å²) in [4.78, 5) is 31.8. The highest BCUT2D eigenvalue weighted by Gasteiger charge is 2.46. The number of hydrogen-bond donors (Lipinski definition) is 1. The molecule has 3 heterocycles. The molecule has 0 radical (unpaired) electrons. The van der Waals surface area contributed by atoms with Crippen molar-refractivity contribution in [1.29, 1.82) is 0 Å². The van der Waals surface area contributed by atoms with E-state index in [9.17, 15) is 9.59 Å². The standard InChI is InChI=1S/C17H23N3O2/c21-15-6-8-17(12-20(15)13-4-5-13)7-2-10-19(11-17)16(22)14-3-1-9-18-14/h1,3,9,13,18H,2,4-8,10-12H2. The monoisotopic (exact) mass is 301 g/mol. The molecule has 2 amide bonds. The van der Waals surface area contributed by atoms with Gasteiger partial charge in [-0.15, -0.1) is 0 Å². The Hall–Kier alpha value is -1.78. The lowest BCUT2D eigenvalue weighted by Crippen LogP contribution is -2.55. The van der Waals surface area contributed by atoms with Crippen LogP contribution < -0.4 is 0 Å². The molecule has 3 aliphatic rings. The van der Waals surface area contributed by atoms with Gasteiger partial charge in [0, 0.05) is 43.7 Å². The first-order valence-corrected chi connectivity index (χ1v) is 8.39. The normalized spacial score (nSPS) is 29.2. The molecule has 2 saturated heterocycles. The van der Waals surface area contributed by atoms with Gasteiger partial charge in [-0.1, -0.05) is 0 Å². The smallest absolute Gasteiger partial charge is 0.270 e. The first kappa shape index (κ1) is 13.9. The first-order valence-electron chi connectivity index (χ1n) is 8.39. The van der Waals surface area contributed by atoms with Gasteiger partial charge in [-0.25, -0.2) is 0 Å². The van der Waals surface area contributed by atoms with Crippen LogP contribution in [0.25, 0.3) is 0 Å². The quantitative estimate of drug-likeness (QED) is 0.908. The Bertz CT molecular complexity index is 579. The molecule has 1 N–H and O–H groups in total. The highest BCUT2D eigenvalue weighted by Crippen LogP contribution is 2.42. The fraction of sp³-hybridized carbons (Fsp3) is 0.647. The zero-order valence-corrected chi connectivity index (χ0v) is 12.9. The molecule has 0 aromatic carbocycles. The van der Waals surface area contributed by atoms with E-state index < -0.39 is 0 Å². The van der Waals surface area contributed by atoms with Gasteiger partial charge in [0.2, 0.25) is 5.91 Å². The van der Waals surface area contributed by atoms with Crippen molar-refractivity contribution >= 4 is 11.8 Å². The SMILES string of the molecule is O=C(c1ccc[nH]1)N1CCCC2(CCC(=O)N(C3CC3)C2)C1. The minimum Gasteiger partial charge on any atom is -0.357 e. The molecule has 1 unspecified atom stereocenters. The van der Waals surface area contributed by atoms with Crippen molar-refractivity contribution in [2.24, 2.45) is 5.41 Å². The van der Waals surface area contributed by atoms with Gasteiger partial charge >= 0.3 is 0 Å². The molecule has 1 aromatic heterocycles. The molecule has 1 spiro atoms. The number of H-pyrrole nitrogens is 1. The van der Waals surface area contributed by atoms with Crippen LogP contribution in [0, 0.1) is 5.41 Å². The second-order valence-corrected chi connectivity index (χ2v) is 7.17. The third-order valence-corrected chi connectivity index (χ3v) is 5.46. The van der Waals surface area contributed by atoms with E-state index in [1.807, 2.05) is 17.0 Å². The maximum absolute atomic E-state index is 12.6. The highest BCUT2D eigenvalue weighted by molar-refractivity contribution is 5.92. The van der Waals surface area contributed by atoms with Crippen molar-refractivity contribution in [3.63, 3.8) is 0 Å². The topological polar surface area (TPSA) is 56.4 Å². The largest absolute Gasteiger partial charge is 0.357 e. The summed E-state index contributed by atoms with van der Waals surface area (Å²) < 4.78 is 0. The van der Waals surface area contributed by atoms with Gasteiger partial charge in [-0.05, 0) is 44.2 Å². The van der Waals surface area contributed by atoms with Crippen LogP contribution in [0.3, 0.4) is 0 Å². The highest BCUT2D eigenvalue weighted by atomic mass is 16.2. The molecular weight excluding hydrogens is 278 g/mol. The third-order valence-electron chi connectivity index (χ3n) is 5.46. The summed E-state index contributed by atoms with van der Waals surface area (Å²) in [5.41, 5.74) is 0.791. The number of aromatic nitrogens is 1. The first-order chi connectivity index (χ1) is 10.7. The van der Waals surface area contributed by atoms with Crippen LogP contribution in [0.1, 0.15) is 49.0 Å². The summed E-state index contributed by atoms with van der Waals surface area (Å²) in [6.45, 7) is 2.48. The summed E-state index contributed by atoms with van der Waals surface area (Å²) in [7, 11) is 0. The zero-order chi connectivity index (χ0) is 15.2. The lowest BCUT2D eigenvalue weighted by molar-refractivity contribution is -0.139. The molecule has 1 aromatic rings. The fourth-order valence-electron chi connectivity index (χ4n) is 4.11. The summed E-state index contributed by atoms with van der Waals surface area (Å²) in [5, 5.41) is 0. The van der Waals surface area contributed by atoms with Gasteiger partial charge in [0.05, 0.1) is 0 Å². The lowest BCUT2D eigenvalue weighted by atomic mass is 9.73. The fourth-order valence-corrected chi connectivity index (χ4v) is 4.11. The van der Waals surface area contributed by atoms with Crippen LogP contribution in [0.4, 0.5) is 0 Å². The van der Waals surface area contributed by atoms with Gasteiger partial charge < -0.3 is 14.8 Å². The van der Waals surface area contributed by atoms with Crippen LogP contribution in [-0.2, 0) is 4.79 Å². The number of piperidine rings is 2. The molecule has 0 bridgehead atoms. The van der Waals surface area contributed by atoms with Crippen LogP contribution in [-0.4, -0.2) is 52.3 Å². The summed E-state index contributed by atoms with van der Waals surface area (Å²) >= 11 is 0. The predicted octanol–water partition coefficient (Wildman–Crippen LogP) is 2.02. The van der Waals surface area contributed by atoms with Crippen molar-refractivity contribution in [1.82, 2.24) is 14.8 Å². The molecule has 5 heteroatoms. The second-order valence-electron chi connectivity index (χ2n) is 7.17. The van der Waals surface area contributed by atoms with E-state index in [0.717, 1.165) is 51.7 Å². The van der Waals surface area contributed by atoms with E-state index in [4.69, 9.17) is 0 Å². The molecular formula is C17H23N3O2. The van der Waals surface area contributed by atoms with Crippen LogP contribution in [0.5, 0.6) is 0 Å². The van der Waals surface area contributed by atoms with E-state index in [2.05, 4.69) is 9.88 Å². The summed E-state index contributed by atoms with van der Waals surface area (Å²) in [6.07, 6.45) is 7.88. The van der Waals surface area contributed by atoms with Crippen molar-refractivity contribution in [3.05, 3.63) is 24.0 Å². The molecule has 5 nitrogen and oxygen atoms in total. The Morgan fingerprint density at radius 2 is 2.14 bits per heavy atom. The van der Waals surface area contributed by atoms with Gasteiger partial charge in [0.15, 0.2) is 0 Å². The predicted molar refractivity (Wildman–Crippen MR) is 82.3 cm³/mol. The van der Waals surface area contributed by atoms with Crippen LogP contribution in [0.2, 0.25) is 0 Å². The number of carbonyl (C=O) groups is 2. The molecule has 1 saturated carbocycles. The van der Waals surface area contributed by atoms with Gasteiger partial charge in [-0.3, -0.25) is 9.59 Å². The third kappa shape index (κ3) is 2.42. The number of nitrogens with zero attached hydrogens (tertiary/aromatic N) is 2. The van der Waals surface area contributed by atoms with Crippen molar-refractivity contribution in [3.8, 4) is 0 Å². The van der Waals surface area contributed by atoms with E-state index in [1.54, 1.807) is 6.20 Å². The molecule has 22 heavy (non-hydrogen) atoms. The maximum Gasteiger partial charge on any atom is 0.270 e. The molecule has 2 aliphatic heterocycles. The number of likely N-dealkylation sites (tertiary alicyclic amines) is 2. The average molecular weight is 301 g/mol. The van der Waals surface area contributed by atoms with Crippen LogP contribution >= 0.6 is 0 Å². The van der Waals surface area contributed by atoms with E-state index in [-0.39, 0.29) is 11.3 Å². The number of nitrogens with one attached hydrogen (secondary N) is 1. The summed E-state index contributed by atoms with van der Waals surface area (Å²) in [6, 6.07) is 4.19. The minimum absolute atomic E-state index is 0.0962. The molecule has 3 fully saturated rings. The average Bonchev–Trinajstić information content (AvgIpc) is 3.23. The molecule has 1 aliphatic carbocycles. The Balaban J connectivity index is 1.50. The van der Waals surface area contributed by atoms with E-state index >= 15 is 0 Å². The number of carbonyl (C=O) groups excluding carboxylic acids is 2. The lowest BCUT2D eigenvalue weighted by Gasteiger charge is -2.48. The molecule has 118 valence electrons. The van der Waals surface area contributed by atoms with Crippen molar-refractivity contribution in [2.45, 2.75) is 44.6 Å². The Labute approximate surface area is 130 Å².